The normalized spacial score (nSPS) is 26.4. The first-order valence-electron chi connectivity index (χ1n) is 7.05. The number of hydrogen-bond donors (Lipinski definition) is 2. The van der Waals surface area contributed by atoms with E-state index in [9.17, 15) is 14.3 Å². The van der Waals surface area contributed by atoms with Gasteiger partial charge in [-0.3, -0.25) is 4.79 Å². The first-order chi connectivity index (χ1) is 9.61. The lowest BCUT2D eigenvalue weighted by Gasteiger charge is -2.20. The number of anilines is 1. The third-order valence-electron chi connectivity index (χ3n) is 4.15. The molecule has 3 rings (SSSR count). The summed E-state index contributed by atoms with van der Waals surface area (Å²) in [6.45, 7) is 2.50. The van der Waals surface area contributed by atoms with E-state index in [4.69, 9.17) is 4.74 Å². The fourth-order valence-corrected chi connectivity index (χ4v) is 3.11. The number of benzene rings is 1. The first-order valence-corrected chi connectivity index (χ1v) is 7.05. The van der Waals surface area contributed by atoms with E-state index in [0.717, 1.165) is 12.8 Å². The van der Waals surface area contributed by atoms with Crippen LogP contribution in [0.25, 0.3) is 0 Å². The fraction of sp³-hybridized carbons (Fsp3) is 0.533. The molecule has 2 aliphatic rings. The zero-order valence-corrected chi connectivity index (χ0v) is 11.4. The van der Waals surface area contributed by atoms with Crippen LogP contribution in [0.5, 0.6) is 0 Å². The Morgan fingerprint density at radius 3 is 3.00 bits per heavy atom. The molecule has 0 saturated carbocycles. The van der Waals surface area contributed by atoms with Crippen molar-refractivity contribution in [3.63, 3.8) is 0 Å². The third kappa shape index (κ3) is 2.11. The van der Waals surface area contributed by atoms with Crippen molar-refractivity contribution >= 4 is 11.6 Å². The average molecular weight is 279 g/mol. The predicted octanol–water partition coefficient (Wildman–Crippen LogP) is 2.48. The van der Waals surface area contributed by atoms with Gasteiger partial charge in [-0.1, -0.05) is 6.92 Å². The van der Waals surface area contributed by atoms with Gasteiger partial charge < -0.3 is 15.2 Å². The van der Waals surface area contributed by atoms with E-state index in [1.54, 1.807) is 0 Å². The number of carbonyl (C=O) groups excluding carboxylic acids is 1. The van der Waals surface area contributed by atoms with E-state index in [1.165, 1.54) is 12.1 Å². The second kappa shape index (κ2) is 5.14. The zero-order valence-electron chi connectivity index (χ0n) is 11.4. The molecule has 0 aliphatic carbocycles. The molecule has 3 atom stereocenters. The molecule has 5 heteroatoms. The van der Waals surface area contributed by atoms with Crippen LogP contribution in [0.2, 0.25) is 0 Å². The Kier molecular flexibility index (Phi) is 3.48. The second-order valence-electron chi connectivity index (χ2n) is 5.41. The van der Waals surface area contributed by atoms with Crippen LogP contribution in [0.4, 0.5) is 10.1 Å². The number of nitrogens with one attached hydrogen (secondary N) is 1. The summed E-state index contributed by atoms with van der Waals surface area (Å²) in [7, 11) is 0. The summed E-state index contributed by atoms with van der Waals surface area (Å²) in [6, 6.07) is 2.68. The molecule has 20 heavy (non-hydrogen) atoms. The smallest absolute Gasteiger partial charge is 0.232 e. The second-order valence-corrected chi connectivity index (χ2v) is 5.41. The van der Waals surface area contributed by atoms with Gasteiger partial charge >= 0.3 is 0 Å². The number of hydrogen-bond acceptors (Lipinski definition) is 3. The molecular weight excluding hydrogens is 261 g/mol. The number of rotatable bonds is 3. The number of fused-ring (bicyclic) bond motifs is 1. The SMILES string of the molecule is CCC1C(=O)Nc2c1cc(F)cc2C(O)C1CCCO1. The summed E-state index contributed by atoms with van der Waals surface area (Å²) >= 11 is 0. The van der Waals surface area contributed by atoms with Gasteiger partial charge in [-0.25, -0.2) is 4.39 Å². The highest BCUT2D eigenvalue weighted by Gasteiger charge is 2.35. The van der Waals surface area contributed by atoms with Crippen LogP contribution in [-0.4, -0.2) is 23.7 Å². The van der Waals surface area contributed by atoms with Crippen LogP contribution < -0.4 is 5.32 Å². The van der Waals surface area contributed by atoms with Gasteiger partial charge in [0, 0.05) is 12.2 Å². The highest BCUT2D eigenvalue weighted by Crippen LogP contribution is 2.41. The molecule has 0 aromatic heterocycles. The van der Waals surface area contributed by atoms with Crippen LogP contribution in [0.1, 0.15) is 49.3 Å². The summed E-state index contributed by atoms with van der Waals surface area (Å²) < 4.78 is 19.3. The number of ether oxygens (including phenoxy) is 1. The highest BCUT2D eigenvalue weighted by atomic mass is 19.1. The van der Waals surface area contributed by atoms with Gasteiger partial charge in [0.15, 0.2) is 0 Å². The van der Waals surface area contributed by atoms with Crippen molar-refractivity contribution in [2.75, 3.05) is 11.9 Å². The summed E-state index contributed by atoms with van der Waals surface area (Å²) in [5, 5.41) is 13.2. The van der Waals surface area contributed by atoms with E-state index in [0.29, 0.717) is 29.8 Å². The Hall–Kier alpha value is -1.46. The Morgan fingerprint density at radius 1 is 1.55 bits per heavy atom. The van der Waals surface area contributed by atoms with Gasteiger partial charge in [-0.2, -0.15) is 0 Å². The number of halogens is 1. The fourth-order valence-electron chi connectivity index (χ4n) is 3.11. The number of amides is 1. The standard InChI is InChI=1S/C15H18FNO3/c1-2-9-10-6-8(16)7-11(13(10)17-15(9)19)14(18)12-4-3-5-20-12/h6-7,9,12,14,18H,2-5H2,1H3,(H,17,19). The van der Waals surface area contributed by atoms with Crippen LogP contribution in [0.3, 0.4) is 0 Å². The van der Waals surface area contributed by atoms with Gasteiger partial charge in [0.2, 0.25) is 5.91 Å². The van der Waals surface area contributed by atoms with E-state index in [1.807, 2.05) is 6.92 Å². The van der Waals surface area contributed by atoms with Gasteiger partial charge in [0.05, 0.1) is 17.7 Å². The van der Waals surface area contributed by atoms with E-state index in [2.05, 4.69) is 5.32 Å². The monoisotopic (exact) mass is 279 g/mol. The maximum Gasteiger partial charge on any atom is 0.232 e. The van der Waals surface area contributed by atoms with Crippen molar-refractivity contribution in [2.24, 2.45) is 0 Å². The van der Waals surface area contributed by atoms with E-state index in [-0.39, 0.29) is 17.9 Å². The van der Waals surface area contributed by atoms with Gasteiger partial charge in [0.1, 0.15) is 11.9 Å². The predicted molar refractivity (Wildman–Crippen MR) is 72.0 cm³/mol. The molecule has 1 saturated heterocycles. The van der Waals surface area contributed by atoms with Crippen LogP contribution in [-0.2, 0) is 9.53 Å². The molecule has 1 fully saturated rings. The maximum absolute atomic E-state index is 13.8. The molecule has 0 bridgehead atoms. The lowest BCUT2D eigenvalue weighted by molar-refractivity contribution is -0.117. The Labute approximate surface area is 116 Å². The largest absolute Gasteiger partial charge is 0.386 e. The van der Waals surface area contributed by atoms with Crippen molar-refractivity contribution in [3.05, 3.63) is 29.1 Å². The van der Waals surface area contributed by atoms with E-state index < -0.39 is 11.9 Å². The highest BCUT2D eigenvalue weighted by molar-refractivity contribution is 6.03. The summed E-state index contributed by atoms with van der Waals surface area (Å²) in [5.41, 5.74) is 1.63. The van der Waals surface area contributed by atoms with Crippen molar-refractivity contribution in [3.8, 4) is 0 Å². The Balaban J connectivity index is 2.02. The van der Waals surface area contributed by atoms with Gasteiger partial charge in [-0.05, 0) is 37.0 Å². The van der Waals surface area contributed by atoms with Crippen LogP contribution in [0, 0.1) is 5.82 Å². The van der Waals surface area contributed by atoms with Crippen LogP contribution >= 0.6 is 0 Å². The molecule has 0 spiro atoms. The molecule has 1 amide bonds. The number of aliphatic hydroxyl groups is 1. The minimum atomic E-state index is -0.905. The first kappa shape index (κ1) is 13.5. The van der Waals surface area contributed by atoms with Crippen molar-refractivity contribution in [1.29, 1.82) is 0 Å². The molecule has 3 unspecified atom stereocenters. The van der Waals surface area contributed by atoms with Crippen LogP contribution in [0.15, 0.2) is 12.1 Å². The molecule has 2 N–H and O–H groups in total. The Bertz CT molecular complexity index is 540. The minimum Gasteiger partial charge on any atom is -0.386 e. The van der Waals surface area contributed by atoms with Crippen molar-refractivity contribution in [1.82, 2.24) is 0 Å². The molecule has 1 aromatic rings. The minimum absolute atomic E-state index is 0.131. The molecule has 2 heterocycles. The van der Waals surface area contributed by atoms with Gasteiger partial charge in [0.25, 0.3) is 0 Å². The molecular formula is C15H18FNO3. The number of carbonyl (C=O) groups is 1. The Morgan fingerprint density at radius 2 is 2.35 bits per heavy atom. The molecule has 108 valence electrons. The summed E-state index contributed by atoms with van der Waals surface area (Å²) in [5.74, 6) is -0.893. The maximum atomic E-state index is 13.8. The molecule has 2 aliphatic heterocycles. The quantitative estimate of drug-likeness (QED) is 0.893. The lowest BCUT2D eigenvalue weighted by atomic mass is 9.93. The lowest BCUT2D eigenvalue weighted by Crippen LogP contribution is -2.19. The molecule has 1 aromatic carbocycles. The van der Waals surface area contributed by atoms with Crippen molar-refractivity contribution in [2.45, 2.75) is 44.3 Å². The average Bonchev–Trinajstić information content (AvgIpc) is 3.04. The summed E-state index contributed by atoms with van der Waals surface area (Å²) in [4.78, 5) is 11.9. The number of aliphatic hydroxyl groups excluding tert-OH is 1. The topological polar surface area (TPSA) is 58.6 Å². The van der Waals surface area contributed by atoms with E-state index >= 15 is 0 Å². The third-order valence-corrected chi connectivity index (χ3v) is 4.15. The molecule has 0 radical (unpaired) electrons. The summed E-state index contributed by atoms with van der Waals surface area (Å²) in [6.07, 6.45) is 1.02. The molecule has 4 nitrogen and oxygen atoms in total. The van der Waals surface area contributed by atoms with Gasteiger partial charge in [-0.15, -0.1) is 0 Å². The zero-order chi connectivity index (χ0) is 14.3. The van der Waals surface area contributed by atoms with Crippen molar-refractivity contribution < 1.29 is 19.0 Å².